The Morgan fingerprint density at radius 2 is 1.71 bits per heavy atom. The number of carbonyl (C=O) groups excluding carboxylic acids is 2. The third-order valence-corrected chi connectivity index (χ3v) is 6.00. The Balaban J connectivity index is 1.36. The van der Waals surface area contributed by atoms with Gasteiger partial charge >= 0.3 is 5.97 Å². The van der Waals surface area contributed by atoms with Crippen LogP contribution >= 0.6 is 0 Å². The lowest BCUT2D eigenvalue weighted by molar-refractivity contribution is 0.0378. The second-order valence-corrected chi connectivity index (χ2v) is 9.06. The van der Waals surface area contributed by atoms with Crippen molar-refractivity contribution in [2.75, 3.05) is 36.4 Å². The summed E-state index contributed by atoms with van der Waals surface area (Å²) in [5.41, 5.74) is 4.07. The Morgan fingerprint density at radius 1 is 0.971 bits per heavy atom. The molecule has 1 aromatic heterocycles. The summed E-state index contributed by atoms with van der Waals surface area (Å²) in [5, 5.41) is 3.02. The number of piperazine rings is 1. The number of hydrogen-bond acceptors (Lipinski definition) is 6. The molecule has 4 rings (SSSR count). The number of hydrogen-bond donors (Lipinski definition) is 1. The fourth-order valence-electron chi connectivity index (χ4n) is 4.24. The predicted octanol–water partition coefficient (Wildman–Crippen LogP) is 4.53. The molecule has 0 radical (unpaired) electrons. The molecule has 0 atom stereocenters. The van der Waals surface area contributed by atoms with Crippen LogP contribution in [0, 0.1) is 6.92 Å². The lowest BCUT2D eigenvalue weighted by Gasteiger charge is -2.36. The van der Waals surface area contributed by atoms with E-state index in [0.29, 0.717) is 16.9 Å². The lowest BCUT2D eigenvalue weighted by Crippen LogP contribution is -2.46. The van der Waals surface area contributed by atoms with Gasteiger partial charge in [0, 0.05) is 50.2 Å². The van der Waals surface area contributed by atoms with Crippen molar-refractivity contribution in [3.05, 3.63) is 89.1 Å². The molecule has 1 amide bonds. The average molecular weight is 473 g/mol. The van der Waals surface area contributed by atoms with Crippen LogP contribution in [0.4, 0.5) is 11.5 Å². The number of aryl methyl sites for hydroxylation is 1. The number of nitrogens with zero attached hydrogens (tertiary/aromatic N) is 3. The van der Waals surface area contributed by atoms with E-state index in [1.54, 1.807) is 18.3 Å². The minimum absolute atomic E-state index is 0.101. The van der Waals surface area contributed by atoms with Gasteiger partial charge in [-0.15, -0.1) is 0 Å². The molecule has 1 aliphatic rings. The maximum absolute atomic E-state index is 12.7. The summed E-state index contributed by atoms with van der Waals surface area (Å²) >= 11 is 0. The third kappa shape index (κ3) is 6.25. The summed E-state index contributed by atoms with van der Waals surface area (Å²) in [4.78, 5) is 34.2. The van der Waals surface area contributed by atoms with E-state index in [4.69, 9.17) is 4.74 Å². The summed E-state index contributed by atoms with van der Waals surface area (Å²) < 4.78 is 5.40. The number of nitrogens with one attached hydrogen (secondary N) is 1. The van der Waals surface area contributed by atoms with Gasteiger partial charge in [-0.1, -0.05) is 30.3 Å². The normalized spacial score (nSPS) is 14.1. The zero-order valence-corrected chi connectivity index (χ0v) is 20.5. The Bertz CT molecular complexity index is 1190. The highest BCUT2D eigenvalue weighted by Crippen LogP contribution is 2.22. The van der Waals surface area contributed by atoms with E-state index in [2.05, 4.69) is 26.2 Å². The Hall–Kier alpha value is -3.71. The van der Waals surface area contributed by atoms with Crippen LogP contribution in [0.2, 0.25) is 0 Å². The quantitative estimate of drug-likeness (QED) is 0.510. The van der Waals surface area contributed by atoms with Crippen molar-refractivity contribution in [1.29, 1.82) is 0 Å². The van der Waals surface area contributed by atoms with Gasteiger partial charge < -0.3 is 15.0 Å². The van der Waals surface area contributed by atoms with E-state index in [1.807, 2.05) is 63.2 Å². The molecule has 0 spiro atoms. The average Bonchev–Trinajstić information content (AvgIpc) is 2.84. The van der Waals surface area contributed by atoms with Gasteiger partial charge in [0.15, 0.2) is 0 Å². The summed E-state index contributed by atoms with van der Waals surface area (Å²) in [5.74, 6) is 0.241. The van der Waals surface area contributed by atoms with Crippen molar-refractivity contribution in [3.8, 4) is 0 Å². The predicted molar refractivity (Wildman–Crippen MR) is 138 cm³/mol. The van der Waals surface area contributed by atoms with Crippen LogP contribution in [-0.4, -0.2) is 54.0 Å². The maximum Gasteiger partial charge on any atom is 0.342 e. The number of benzene rings is 2. The minimum Gasteiger partial charge on any atom is -0.459 e. The number of pyridine rings is 1. The fourth-order valence-corrected chi connectivity index (χ4v) is 4.24. The molecular weight excluding hydrogens is 440 g/mol. The van der Waals surface area contributed by atoms with E-state index in [-0.39, 0.29) is 18.0 Å². The van der Waals surface area contributed by atoms with Crippen molar-refractivity contribution >= 4 is 23.4 Å². The first-order chi connectivity index (χ1) is 16.9. The van der Waals surface area contributed by atoms with Gasteiger partial charge in [0.1, 0.15) is 11.4 Å². The van der Waals surface area contributed by atoms with Gasteiger partial charge in [0.25, 0.3) is 5.91 Å². The van der Waals surface area contributed by atoms with Crippen molar-refractivity contribution in [2.24, 2.45) is 0 Å². The van der Waals surface area contributed by atoms with E-state index in [1.165, 1.54) is 0 Å². The Labute approximate surface area is 206 Å². The third-order valence-electron chi connectivity index (χ3n) is 6.00. The molecule has 1 saturated heterocycles. The minimum atomic E-state index is -0.338. The molecule has 2 aromatic carbocycles. The molecule has 0 unspecified atom stereocenters. The molecule has 2 heterocycles. The van der Waals surface area contributed by atoms with Crippen LogP contribution in [0.25, 0.3) is 0 Å². The van der Waals surface area contributed by atoms with Gasteiger partial charge in [0.2, 0.25) is 0 Å². The zero-order valence-electron chi connectivity index (χ0n) is 20.5. The summed E-state index contributed by atoms with van der Waals surface area (Å²) in [6, 6.07) is 19.1. The highest BCUT2D eigenvalue weighted by Gasteiger charge is 2.24. The largest absolute Gasteiger partial charge is 0.459 e. The van der Waals surface area contributed by atoms with E-state index in [0.717, 1.165) is 49.5 Å². The van der Waals surface area contributed by atoms with Gasteiger partial charge in [-0.25, -0.2) is 9.78 Å². The molecule has 182 valence electrons. The molecule has 0 bridgehead atoms. The van der Waals surface area contributed by atoms with E-state index in [9.17, 15) is 9.59 Å². The second-order valence-electron chi connectivity index (χ2n) is 9.06. The second kappa shape index (κ2) is 11.1. The molecule has 3 aromatic rings. The molecule has 7 heteroatoms. The fraction of sp³-hybridized carbons (Fsp3) is 0.321. The van der Waals surface area contributed by atoms with Gasteiger partial charge in [-0.2, -0.15) is 0 Å². The molecule has 0 aliphatic carbocycles. The molecule has 1 aliphatic heterocycles. The molecule has 0 saturated carbocycles. The molecule has 7 nitrogen and oxygen atoms in total. The monoisotopic (exact) mass is 472 g/mol. The first kappa shape index (κ1) is 24.4. The number of ether oxygens (including phenoxy) is 1. The van der Waals surface area contributed by atoms with Crippen molar-refractivity contribution in [2.45, 2.75) is 33.4 Å². The van der Waals surface area contributed by atoms with Crippen molar-refractivity contribution < 1.29 is 14.3 Å². The molecular formula is C28H32N4O3. The number of anilines is 2. The number of aromatic nitrogens is 1. The van der Waals surface area contributed by atoms with Crippen LogP contribution in [0.3, 0.4) is 0 Å². The van der Waals surface area contributed by atoms with Crippen LogP contribution < -0.4 is 10.2 Å². The number of carbonyl (C=O) groups is 2. The summed E-state index contributed by atoms with van der Waals surface area (Å²) in [6.07, 6.45) is 1.54. The first-order valence-corrected chi connectivity index (χ1v) is 12.0. The standard InChI is InChI=1S/C28H32N4O3/c1-20(2)35-28(34)25-12-7-13-29-26(25)32-16-14-31(15-17-32)19-22-9-6-10-23(18-22)30-27(33)24-11-5-4-8-21(24)3/h4-13,18,20H,14-17,19H2,1-3H3,(H,30,33). The molecule has 35 heavy (non-hydrogen) atoms. The topological polar surface area (TPSA) is 74.8 Å². The van der Waals surface area contributed by atoms with E-state index >= 15 is 0 Å². The van der Waals surface area contributed by atoms with Crippen LogP contribution in [0.5, 0.6) is 0 Å². The Kier molecular flexibility index (Phi) is 7.77. The van der Waals surface area contributed by atoms with Crippen LogP contribution in [0.1, 0.15) is 45.7 Å². The number of amides is 1. The van der Waals surface area contributed by atoms with Gasteiger partial charge in [0.05, 0.1) is 6.10 Å². The Morgan fingerprint density at radius 3 is 2.46 bits per heavy atom. The van der Waals surface area contributed by atoms with Gasteiger partial charge in [-0.3, -0.25) is 9.69 Å². The summed E-state index contributed by atoms with van der Waals surface area (Å²) in [6.45, 7) is 9.62. The lowest BCUT2D eigenvalue weighted by atomic mass is 10.1. The molecule has 1 fully saturated rings. The highest BCUT2D eigenvalue weighted by atomic mass is 16.5. The first-order valence-electron chi connectivity index (χ1n) is 12.0. The SMILES string of the molecule is Cc1ccccc1C(=O)Nc1cccc(CN2CCN(c3ncccc3C(=O)OC(C)C)CC2)c1. The molecule has 1 N–H and O–H groups in total. The smallest absolute Gasteiger partial charge is 0.342 e. The van der Waals surface area contributed by atoms with Crippen molar-refractivity contribution in [3.63, 3.8) is 0 Å². The van der Waals surface area contributed by atoms with Crippen molar-refractivity contribution in [1.82, 2.24) is 9.88 Å². The maximum atomic E-state index is 12.7. The van der Waals surface area contributed by atoms with Gasteiger partial charge in [-0.05, 0) is 62.2 Å². The van der Waals surface area contributed by atoms with E-state index < -0.39 is 0 Å². The zero-order chi connectivity index (χ0) is 24.8. The summed E-state index contributed by atoms with van der Waals surface area (Å²) in [7, 11) is 0. The van der Waals surface area contributed by atoms with Crippen LogP contribution in [-0.2, 0) is 11.3 Å². The van der Waals surface area contributed by atoms with Crippen LogP contribution in [0.15, 0.2) is 66.9 Å². The number of rotatable bonds is 7. The highest BCUT2D eigenvalue weighted by molar-refractivity contribution is 6.05. The number of esters is 1.